The van der Waals surface area contributed by atoms with E-state index < -0.39 is 6.09 Å². The van der Waals surface area contributed by atoms with Crippen LogP contribution >= 0.6 is 11.3 Å². The zero-order valence-corrected chi connectivity index (χ0v) is 8.17. The average molecular weight is 202 g/mol. The van der Waals surface area contributed by atoms with Gasteiger partial charge < -0.3 is 5.11 Å². The zero-order valence-electron chi connectivity index (χ0n) is 8.36. The van der Waals surface area contributed by atoms with Crippen LogP contribution in [0.15, 0.2) is 11.6 Å². The van der Waals surface area contributed by atoms with Crippen molar-refractivity contribution in [2.75, 3.05) is 11.4 Å². The van der Waals surface area contributed by atoms with E-state index in [9.17, 15) is 4.79 Å². The van der Waals surface area contributed by atoms with Crippen molar-refractivity contribution >= 4 is 22.6 Å². The number of anilines is 1. The van der Waals surface area contributed by atoms with Crippen LogP contribution in [0.5, 0.6) is 0 Å². The van der Waals surface area contributed by atoms with Crippen molar-refractivity contribution in [2.45, 2.75) is 19.8 Å². The SMILES string of the molecule is [3H]c1csc(N(CCCC)C(=O)O)n1. The molecular formula is C8H12N2O2S. The standard InChI is InChI=1S/C8H12N2O2S/c1-2-3-5-10(8(11)12)7-9-4-6-13-7/h4,6H,2-3,5H2,1H3,(H,11,12)/i4T. The van der Waals surface area contributed by atoms with Gasteiger partial charge >= 0.3 is 6.09 Å². The lowest BCUT2D eigenvalue weighted by Crippen LogP contribution is -2.29. The van der Waals surface area contributed by atoms with Crippen molar-refractivity contribution in [3.8, 4) is 0 Å². The summed E-state index contributed by atoms with van der Waals surface area (Å²) in [5.41, 5.74) is 0. The van der Waals surface area contributed by atoms with Crippen LogP contribution in [0.3, 0.4) is 0 Å². The first-order chi connectivity index (χ1) is 6.65. The van der Waals surface area contributed by atoms with Gasteiger partial charge in [0.15, 0.2) is 5.13 Å². The molecule has 0 bridgehead atoms. The minimum absolute atomic E-state index is 0.118. The second-order valence-corrected chi connectivity index (χ2v) is 3.38. The van der Waals surface area contributed by atoms with Crippen molar-refractivity contribution in [3.05, 3.63) is 11.6 Å². The van der Waals surface area contributed by atoms with Gasteiger partial charge in [-0.1, -0.05) is 13.3 Å². The predicted molar refractivity (Wildman–Crippen MR) is 52.4 cm³/mol. The molecule has 0 saturated carbocycles. The summed E-state index contributed by atoms with van der Waals surface area (Å²) in [4.78, 5) is 15.8. The molecule has 1 aromatic rings. The van der Waals surface area contributed by atoms with E-state index in [4.69, 9.17) is 6.48 Å². The summed E-state index contributed by atoms with van der Waals surface area (Å²) < 4.78 is 7.21. The highest BCUT2D eigenvalue weighted by atomic mass is 32.1. The monoisotopic (exact) mass is 202 g/mol. The van der Waals surface area contributed by atoms with Crippen molar-refractivity contribution in [2.24, 2.45) is 0 Å². The molecular weight excluding hydrogens is 188 g/mol. The summed E-state index contributed by atoms with van der Waals surface area (Å²) in [5, 5.41) is 10.8. The molecule has 0 spiro atoms. The highest BCUT2D eigenvalue weighted by Gasteiger charge is 2.15. The van der Waals surface area contributed by atoms with Crippen molar-refractivity contribution in [1.29, 1.82) is 0 Å². The van der Waals surface area contributed by atoms with Gasteiger partial charge in [0.05, 0.1) is 1.37 Å². The maximum absolute atomic E-state index is 10.8. The second-order valence-electron chi connectivity index (χ2n) is 2.55. The Labute approximate surface area is 82.2 Å². The molecule has 5 heteroatoms. The molecule has 1 amide bonds. The number of amides is 1. The van der Waals surface area contributed by atoms with Crippen molar-refractivity contribution < 1.29 is 11.3 Å². The zero-order chi connectivity index (χ0) is 10.6. The molecule has 1 heterocycles. The molecule has 0 aliphatic rings. The Morgan fingerprint density at radius 2 is 2.69 bits per heavy atom. The fraction of sp³-hybridized carbons (Fsp3) is 0.500. The summed E-state index contributed by atoms with van der Waals surface area (Å²) >= 11 is 1.18. The van der Waals surface area contributed by atoms with Gasteiger partial charge in [0.2, 0.25) is 0 Å². The number of hydrogen-bond acceptors (Lipinski definition) is 3. The Morgan fingerprint density at radius 1 is 1.92 bits per heavy atom. The third-order valence-corrected chi connectivity index (χ3v) is 2.32. The lowest BCUT2D eigenvalue weighted by Gasteiger charge is -2.14. The lowest BCUT2D eigenvalue weighted by molar-refractivity contribution is 0.201. The molecule has 72 valence electrons. The minimum Gasteiger partial charge on any atom is -0.465 e. The predicted octanol–water partition coefficient (Wildman–Crippen LogP) is 2.43. The number of rotatable bonds is 4. The van der Waals surface area contributed by atoms with Gasteiger partial charge in [-0.15, -0.1) is 11.3 Å². The number of nitrogens with zero attached hydrogens (tertiary/aromatic N) is 2. The van der Waals surface area contributed by atoms with E-state index in [1.807, 2.05) is 6.92 Å². The number of thiazole rings is 1. The second kappa shape index (κ2) is 4.81. The van der Waals surface area contributed by atoms with Gasteiger partial charge in [0.1, 0.15) is 0 Å². The molecule has 1 aromatic heterocycles. The Balaban J connectivity index is 2.72. The third-order valence-electron chi connectivity index (χ3n) is 1.57. The highest BCUT2D eigenvalue weighted by Crippen LogP contribution is 2.17. The van der Waals surface area contributed by atoms with Crippen LogP contribution in [0.4, 0.5) is 9.93 Å². The quantitative estimate of drug-likeness (QED) is 0.815. The van der Waals surface area contributed by atoms with Crippen LogP contribution in [-0.2, 0) is 0 Å². The molecule has 0 aromatic carbocycles. The molecule has 4 nitrogen and oxygen atoms in total. The molecule has 1 N–H and O–H groups in total. The number of aromatic nitrogens is 1. The number of unbranched alkanes of at least 4 members (excludes halogenated alkanes) is 1. The van der Waals surface area contributed by atoms with Crippen LogP contribution in [-0.4, -0.2) is 22.7 Å². The van der Waals surface area contributed by atoms with Crippen LogP contribution in [0.25, 0.3) is 0 Å². The number of hydrogen-bond donors (Lipinski definition) is 1. The maximum atomic E-state index is 10.8. The minimum atomic E-state index is -1.01. The summed E-state index contributed by atoms with van der Waals surface area (Å²) in [6, 6.07) is 0. The average Bonchev–Trinajstić information content (AvgIpc) is 2.52. The fourth-order valence-electron chi connectivity index (χ4n) is 0.900. The number of carboxylic acid groups (broad SMARTS) is 1. The first-order valence-corrected chi connectivity index (χ1v) is 4.95. The van der Waals surface area contributed by atoms with E-state index in [0.29, 0.717) is 11.7 Å². The third kappa shape index (κ3) is 2.69. The molecule has 0 fully saturated rings. The van der Waals surface area contributed by atoms with Gasteiger partial charge in [-0.2, -0.15) is 0 Å². The smallest absolute Gasteiger partial charge is 0.413 e. The van der Waals surface area contributed by atoms with Crippen LogP contribution in [0, 0.1) is 0 Å². The van der Waals surface area contributed by atoms with Crippen molar-refractivity contribution in [3.63, 3.8) is 0 Å². The largest absolute Gasteiger partial charge is 0.465 e. The molecule has 0 aliphatic carbocycles. The van der Waals surface area contributed by atoms with E-state index in [-0.39, 0.29) is 6.17 Å². The van der Waals surface area contributed by atoms with Gasteiger partial charge in [0, 0.05) is 18.1 Å². The van der Waals surface area contributed by atoms with Gasteiger partial charge in [-0.3, -0.25) is 4.90 Å². The summed E-state index contributed by atoms with van der Waals surface area (Å²) in [6.45, 7) is 2.44. The molecule has 1 rings (SSSR count). The number of carbonyl (C=O) groups is 1. The van der Waals surface area contributed by atoms with E-state index in [0.717, 1.165) is 12.8 Å². The van der Waals surface area contributed by atoms with E-state index in [1.165, 1.54) is 21.6 Å². The molecule has 0 unspecified atom stereocenters. The van der Waals surface area contributed by atoms with Gasteiger partial charge in [-0.05, 0) is 6.42 Å². The molecule has 0 radical (unpaired) electrons. The molecule has 0 aliphatic heterocycles. The fourth-order valence-corrected chi connectivity index (χ4v) is 1.51. The topological polar surface area (TPSA) is 53.4 Å². The van der Waals surface area contributed by atoms with E-state index >= 15 is 0 Å². The maximum Gasteiger partial charge on any atom is 0.413 e. The van der Waals surface area contributed by atoms with Crippen LogP contribution in [0.1, 0.15) is 21.1 Å². The van der Waals surface area contributed by atoms with E-state index in [1.54, 1.807) is 0 Å². The summed E-state index contributed by atoms with van der Waals surface area (Å²) in [5.74, 6) is 0. The van der Waals surface area contributed by atoms with Gasteiger partial charge in [0.25, 0.3) is 0 Å². The highest BCUT2D eigenvalue weighted by molar-refractivity contribution is 7.13. The summed E-state index contributed by atoms with van der Waals surface area (Å²) in [7, 11) is 0. The Morgan fingerprint density at radius 3 is 3.15 bits per heavy atom. The first kappa shape index (κ1) is 8.50. The molecule has 0 atom stereocenters. The van der Waals surface area contributed by atoms with Crippen LogP contribution in [0.2, 0.25) is 0 Å². The Bertz CT molecular complexity index is 316. The lowest BCUT2D eigenvalue weighted by atomic mass is 10.3. The Hall–Kier alpha value is -1.10. The molecule has 0 saturated heterocycles. The van der Waals surface area contributed by atoms with E-state index in [2.05, 4.69) is 4.98 Å². The van der Waals surface area contributed by atoms with Crippen molar-refractivity contribution in [1.82, 2.24) is 4.98 Å². The molecule has 13 heavy (non-hydrogen) atoms. The Kier molecular flexibility index (Phi) is 3.14. The summed E-state index contributed by atoms with van der Waals surface area (Å²) in [6.07, 6.45) is 0.850. The van der Waals surface area contributed by atoms with Crippen LogP contribution < -0.4 is 4.90 Å². The first-order valence-electron chi connectivity index (χ1n) is 4.57. The van der Waals surface area contributed by atoms with Gasteiger partial charge in [-0.25, -0.2) is 9.78 Å². The normalized spacial score (nSPS) is 11.0.